The van der Waals surface area contributed by atoms with Gasteiger partial charge >= 0.3 is 0 Å². The van der Waals surface area contributed by atoms with Crippen molar-refractivity contribution in [2.75, 3.05) is 0 Å². The lowest BCUT2D eigenvalue weighted by Gasteiger charge is -2.01. The van der Waals surface area contributed by atoms with Crippen LogP contribution in [0.15, 0.2) is 40.2 Å². The summed E-state index contributed by atoms with van der Waals surface area (Å²) in [6, 6.07) is 8.19. The van der Waals surface area contributed by atoms with Gasteiger partial charge in [-0.1, -0.05) is 23.4 Å². The molecule has 3 aromatic rings. The molecule has 0 radical (unpaired) electrons. The summed E-state index contributed by atoms with van der Waals surface area (Å²) < 4.78 is 18.7. The van der Waals surface area contributed by atoms with Crippen LogP contribution in [0.4, 0.5) is 4.39 Å². The van der Waals surface area contributed by atoms with Crippen molar-refractivity contribution in [3.63, 3.8) is 0 Å². The molecule has 1 atom stereocenters. The Labute approximate surface area is 119 Å². The second-order valence-corrected chi connectivity index (χ2v) is 5.39. The van der Waals surface area contributed by atoms with Gasteiger partial charge in [0.05, 0.1) is 0 Å². The fraction of sp³-hybridized carbons (Fsp3) is 0.143. The van der Waals surface area contributed by atoms with Gasteiger partial charge in [0.1, 0.15) is 11.9 Å². The molecule has 0 fully saturated rings. The van der Waals surface area contributed by atoms with E-state index in [2.05, 4.69) is 10.1 Å². The third kappa shape index (κ3) is 2.35. The Balaban J connectivity index is 1.92. The molecule has 3 rings (SSSR count). The minimum Gasteiger partial charge on any atom is -0.337 e. The van der Waals surface area contributed by atoms with Crippen LogP contribution in [0.1, 0.15) is 22.4 Å². The molecule has 1 aromatic carbocycles. The van der Waals surface area contributed by atoms with Gasteiger partial charge in [-0.3, -0.25) is 0 Å². The second-order valence-electron chi connectivity index (χ2n) is 4.41. The molecule has 0 spiro atoms. The number of hydrogen-bond acceptors (Lipinski definition) is 5. The zero-order chi connectivity index (χ0) is 14.1. The highest BCUT2D eigenvalue weighted by Gasteiger charge is 2.18. The molecular weight excluding hydrogens is 277 g/mol. The monoisotopic (exact) mass is 289 g/mol. The van der Waals surface area contributed by atoms with Crippen LogP contribution in [0, 0.1) is 12.7 Å². The molecule has 20 heavy (non-hydrogen) atoms. The van der Waals surface area contributed by atoms with Gasteiger partial charge in [0.2, 0.25) is 11.7 Å². The summed E-state index contributed by atoms with van der Waals surface area (Å²) in [6.07, 6.45) is 0. The summed E-state index contributed by atoms with van der Waals surface area (Å²) in [6.45, 7) is 1.70. The SMILES string of the molecule is Cc1ccc(-c2noc(C(N)c3cccs3)n2)cc1F. The number of thiophene rings is 1. The molecular formula is C14H12FN3OS. The van der Waals surface area contributed by atoms with E-state index in [9.17, 15) is 4.39 Å². The van der Waals surface area contributed by atoms with Crippen LogP contribution in [0.25, 0.3) is 11.4 Å². The van der Waals surface area contributed by atoms with Crippen molar-refractivity contribution in [2.45, 2.75) is 13.0 Å². The van der Waals surface area contributed by atoms with Gasteiger partial charge in [-0.25, -0.2) is 4.39 Å². The fourth-order valence-corrected chi connectivity index (χ4v) is 2.52. The normalized spacial score (nSPS) is 12.6. The molecule has 0 bridgehead atoms. The Morgan fingerprint density at radius 1 is 1.35 bits per heavy atom. The van der Waals surface area contributed by atoms with Crippen molar-refractivity contribution >= 4 is 11.3 Å². The van der Waals surface area contributed by atoms with E-state index in [-0.39, 0.29) is 5.82 Å². The first-order chi connectivity index (χ1) is 9.65. The highest BCUT2D eigenvalue weighted by atomic mass is 32.1. The molecule has 0 aliphatic heterocycles. The van der Waals surface area contributed by atoms with E-state index in [1.807, 2.05) is 17.5 Å². The molecule has 102 valence electrons. The topological polar surface area (TPSA) is 64.9 Å². The Kier molecular flexibility index (Phi) is 3.33. The quantitative estimate of drug-likeness (QED) is 0.803. The minimum atomic E-state index is -0.452. The molecule has 2 N–H and O–H groups in total. The first-order valence-corrected chi connectivity index (χ1v) is 6.92. The molecule has 0 amide bonds. The summed E-state index contributed by atoms with van der Waals surface area (Å²) >= 11 is 1.52. The number of aromatic nitrogens is 2. The highest BCUT2D eigenvalue weighted by molar-refractivity contribution is 7.10. The van der Waals surface area contributed by atoms with E-state index in [0.717, 1.165) is 4.88 Å². The Morgan fingerprint density at radius 3 is 2.90 bits per heavy atom. The smallest absolute Gasteiger partial charge is 0.249 e. The van der Waals surface area contributed by atoms with Crippen molar-refractivity contribution in [3.8, 4) is 11.4 Å². The number of nitrogens with two attached hydrogens (primary N) is 1. The van der Waals surface area contributed by atoms with Gasteiger partial charge in [0.15, 0.2) is 0 Å². The standard InChI is InChI=1S/C14H12FN3OS/c1-8-4-5-9(7-10(8)15)13-17-14(19-18-13)12(16)11-3-2-6-20-11/h2-7,12H,16H2,1H3. The predicted molar refractivity (Wildman–Crippen MR) is 74.8 cm³/mol. The molecule has 1 unspecified atom stereocenters. The summed E-state index contributed by atoms with van der Waals surface area (Å²) in [7, 11) is 0. The van der Waals surface area contributed by atoms with E-state index >= 15 is 0 Å². The van der Waals surface area contributed by atoms with E-state index in [0.29, 0.717) is 22.8 Å². The van der Waals surface area contributed by atoms with Crippen LogP contribution in [0.2, 0.25) is 0 Å². The van der Waals surface area contributed by atoms with Gasteiger partial charge in [-0.2, -0.15) is 4.98 Å². The summed E-state index contributed by atoms with van der Waals surface area (Å²) in [5.41, 5.74) is 7.19. The molecule has 2 aromatic heterocycles. The average molecular weight is 289 g/mol. The number of rotatable bonds is 3. The largest absolute Gasteiger partial charge is 0.337 e. The Bertz CT molecular complexity index is 724. The van der Waals surface area contributed by atoms with E-state index in [1.165, 1.54) is 17.4 Å². The third-order valence-electron chi connectivity index (χ3n) is 2.99. The molecule has 6 heteroatoms. The van der Waals surface area contributed by atoms with Gasteiger partial charge in [-0.05, 0) is 30.0 Å². The van der Waals surface area contributed by atoms with Gasteiger partial charge in [-0.15, -0.1) is 11.3 Å². The molecule has 4 nitrogen and oxygen atoms in total. The molecule has 2 heterocycles. The van der Waals surface area contributed by atoms with Gasteiger partial charge < -0.3 is 10.3 Å². The molecule has 0 saturated heterocycles. The first kappa shape index (κ1) is 13.0. The predicted octanol–water partition coefficient (Wildman–Crippen LogP) is 3.29. The Morgan fingerprint density at radius 2 is 2.20 bits per heavy atom. The molecule has 0 aliphatic rings. The van der Waals surface area contributed by atoms with Crippen molar-refractivity contribution < 1.29 is 8.91 Å². The number of halogens is 1. The average Bonchev–Trinajstić information content (AvgIpc) is 3.11. The van der Waals surface area contributed by atoms with E-state index in [4.69, 9.17) is 10.3 Å². The first-order valence-electron chi connectivity index (χ1n) is 6.04. The van der Waals surface area contributed by atoms with Crippen LogP contribution in [0.5, 0.6) is 0 Å². The van der Waals surface area contributed by atoms with E-state index in [1.54, 1.807) is 19.1 Å². The van der Waals surface area contributed by atoms with Crippen LogP contribution >= 0.6 is 11.3 Å². The van der Waals surface area contributed by atoms with Crippen molar-refractivity contribution in [3.05, 3.63) is 57.9 Å². The zero-order valence-electron chi connectivity index (χ0n) is 10.7. The second kappa shape index (κ2) is 5.15. The van der Waals surface area contributed by atoms with Crippen LogP contribution in [0.3, 0.4) is 0 Å². The number of nitrogens with zero attached hydrogens (tertiary/aromatic N) is 2. The molecule has 0 saturated carbocycles. The van der Waals surface area contributed by atoms with Crippen molar-refractivity contribution in [1.82, 2.24) is 10.1 Å². The maximum atomic E-state index is 13.5. The maximum Gasteiger partial charge on any atom is 0.249 e. The number of hydrogen-bond donors (Lipinski definition) is 1. The lowest BCUT2D eigenvalue weighted by molar-refractivity contribution is 0.368. The zero-order valence-corrected chi connectivity index (χ0v) is 11.5. The van der Waals surface area contributed by atoms with Gasteiger partial charge in [0, 0.05) is 10.4 Å². The van der Waals surface area contributed by atoms with Crippen molar-refractivity contribution in [2.24, 2.45) is 5.73 Å². The highest BCUT2D eigenvalue weighted by Crippen LogP contribution is 2.25. The number of aryl methyl sites for hydroxylation is 1. The molecule has 0 aliphatic carbocycles. The summed E-state index contributed by atoms with van der Waals surface area (Å²) in [5, 5.41) is 5.79. The fourth-order valence-electron chi connectivity index (χ4n) is 1.80. The maximum absolute atomic E-state index is 13.5. The third-order valence-corrected chi connectivity index (χ3v) is 3.94. The van der Waals surface area contributed by atoms with Crippen LogP contribution < -0.4 is 5.73 Å². The summed E-state index contributed by atoms with van der Waals surface area (Å²) in [5.74, 6) is 0.366. The summed E-state index contributed by atoms with van der Waals surface area (Å²) in [4.78, 5) is 5.18. The lowest BCUT2D eigenvalue weighted by atomic mass is 10.1. The van der Waals surface area contributed by atoms with Gasteiger partial charge in [0.25, 0.3) is 0 Å². The van der Waals surface area contributed by atoms with Crippen LogP contribution in [-0.2, 0) is 0 Å². The van der Waals surface area contributed by atoms with E-state index < -0.39 is 6.04 Å². The Hall–Kier alpha value is -2.05. The minimum absolute atomic E-state index is 0.295. The van der Waals surface area contributed by atoms with Crippen molar-refractivity contribution in [1.29, 1.82) is 0 Å². The van der Waals surface area contributed by atoms with Crippen LogP contribution in [-0.4, -0.2) is 10.1 Å². The lowest BCUT2D eigenvalue weighted by Crippen LogP contribution is -2.10. The number of benzene rings is 1.